The lowest BCUT2D eigenvalue weighted by molar-refractivity contribution is 0.102. The zero-order chi connectivity index (χ0) is 18.6. The van der Waals surface area contributed by atoms with Gasteiger partial charge in [-0.15, -0.1) is 0 Å². The lowest BCUT2D eigenvalue weighted by atomic mass is 9.87. The van der Waals surface area contributed by atoms with E-state index in [4.69, 9.17) is 9.47 Å². The number of hydrogen-bond donors (Lipinski definition) is 1. The van der Waals surface area contributed by atoms with Crippen molar-refractivity contribution in [3.63, 3.8) is 0 Å². The quantitative estimate of drug-likeness (QED) is 0.829. The fraction of sp³-hybridized carbons (Fsp3) is 0.381. The van der Waals surface area contributed by atoms with Crippen molar-refractivity contribution in [3.05, 3.63) is 53.6 Å². The smallest absolute Gasteiger partial charge is 0.255 e. The fourth-order valence-corrected chi connectivity index (χ4v) is 2.42. The number of carbonyl (C=O) groups is 1. The summed E-state index contributed by atoms with van der Waals surface area (Å²) in [5, 5.41) is 2.95. The number of hydrogen-bond acceptors (Lipinski definition) is 3. The van der Waals surface area contributed by atoms with Gasteiger partial charge in [-0.2, -0.15) is 0 Å². The summed E-state index contributed by atoms with van der Waals surface area (Å²) in [6.07, 6.45) is 0.101. The zero-order valence-electron chi connectivity index (χ0n) is 15.8. The van der Waals surface area contributed by atoms with Crippen molar-refractivity contribution in [2.45, 2.75) is 46.1 Å². The Hall–Kier alpha value is -2.49. The van der Waals surface area contributed by atoms with Crippen molar-refractivity contribution in [1.82, 2.24) is 0 Å². The van der Waals surface area contributed by atoms with Crippen LogP contribution in [-0.2, 0) is 5.41 Å². The summed E-state index contributed by atoms with van der Waals surface area (Å²) in [6, 6.07) is 13.0. The molecule has 4 heteroatoms. The molecule has 0 bridgehead atoms. The first-order valence-corrected chi connectivity index (χ1v) is 8.47. The van der Waals surface area contributed by atoms with Crippen LogP contribution in [0.25, 0.3) is 0 Å². The second kappa shape index (κ2) is 7.60. The molecule has 2 aromatic rings. The van der Waals surface area contributed by atoms with E-state index >= 15 is 0 Å². The van der Waals surface area contributed by atoms with Gasteiger partial charge in [0.25, 0.3) is 5.91 Å². The number of nitrogens with one attached hydrogen (secondary N) is 1. The van der Waals surface area contributed by atoms with Crippen molar-refractivity contribution in [2.24, 2.45) is 0 Å². The summed E-state index contributed by atoms with van der Waals surface area (Å²) in [4.78, 5) is 12.6. The Morgan fingerprint density at radius 3 is 2.20 bits per heavy atom. The maximum Gasteiger partial charge on any atom is 0.255 e. The third-order valence-corrected chi connectivity index (χ3v) is 3.80. The molecule has 0 aliphatic heterocycles. The topological polar surface area (TPSA) is 47.6 Å². The van der Waals surface area contributed by atoms with Gasteiger partial charge in [0.2, 0.25) is 0 Å². The number of anilines is 1. The highest BCUT2D eigenvalue weighted by atomic mass is 16.5. The second-order valence-corrected chi connectivity index (χ2v) is 7.31. The average molecular weight is 341 g/mol. The van der Waals surface area contributed by atoms with Crippen LogP contribution >= 0.6 is 0 Å². The highest BCUT2D eigenvalue weighted by Gasteiger charge is 2.17. The highest BCUT2D eigenvalue weighted by molar-refractivity contribution is 6.05. The van der Waals surface area contributed by atoms with Gasteiger partial charge in [0.1, 0.15) is 11.5 Å². The van der Waals surface area contributed by atoms with E-state index in [1.807, 2.05) is 32.0 Å². The normalized spacial score (nSPS) is 11.3. The molecule has 0 unspecified atom stereocenters. The number of methoxy groups -OCH3 is 1. The van der Waals surface area contributed by atoms with Crippen molar-refractivity contribution < 1.29 is 14.3 Å². The fourth-order valence-electron chi connectivity index (χ4n) is 2.42. The molecule has 0 heterocycles. The predicted octanol–water partition coefficient (Wildman–Crippen LogP) is 5.03. The molecule has 25 heavy (non-hydrogen) atoms. The van der Waals surface area contributed by atoms with E-state index in [9.17, 15) is 4.79 Å². The first-order valence-electron chi connectivity index (χ1n) is 8.47. The molecule has 0 saturated heterocycles. The molecule has 2 aromatic carbocycles. The molecule has 2 rings (SSSR count). The molecule has 4 nitrogen and oxygen atoms in total. The van der Waals surface area contributed by atoms with Gasteiger partial charge < -0.3 is 14.8 Å². The van der Waals surface area contributed by atoms with Crippen LogP contribution in [0.5, 0.6) is 11.5 Å². The van der Waals surface area contributed by atoms with E-state index in [1.54, 1.807) is 31.4 Å². The van der Waals surface area contributed by atoms with Crippen LogP contribution < -0.4 is 14.8 Å². The van der Waals surface area contributed by atoms with Gasteiger partial charge >= 0.3 is 0 Å². The van der Waals surface area contributed by atoms with Gasteiger partial charge in [0, 0.05) is 5.56 Å². The SMILES string of the molecule is COc1ccc(C(C)(C)C)cc1NC(=O)c1ccc(OC(C)C)cc1. The Morgan fingerprint density at radius 1 is 1.04 bits per heavy atom. The summed E-state index contributed by atoms with van der Waals surface area (Å²) in [5.74, 6) is 1.21. The van der Waals surface area contributed by atoms with Gasteiger partial charge in [0.05, 0.1) is 18.9 Å². The zero-order valence-corrected chi connectivity index (χ0v) is 15.8. The Labute approximate surface area is 150 Å². The van der Waals surface area contributed by atoms with Crippen LogP contribution in [0.15, 0.2) is 42.5 Å². The highest BCUT2D eigenvalue weighted by Crippen LogP contribution is 2.31. The summed E-state index contributed by atoms with van der Waals surface area (Å²) in [5.41, 5.74) is 2.35. The minimum Gasteiger partial charge on any atom is -0.495 e. The monoisotopic (exact) mass is 341 g/mol. The Bertz CT molecular complexity index is 728. The van der Waals surface area contributed by atoms with Crippen molar-refractivity contribution in [2.75, 3.05) is 12.4 Å². The second-order valence-electron chi connectivity index (χ2n) is 7.31. The maximum atomic E-state index is 12.6. The van der Waals surface area contributed by atoms with Crippen molar-refractivity contribution in [3.8, 4) is 11.5 Å². The Balaban J connectivity index is 2.22. The van der Waals surface area contributed by atoms with Gasteiger partial charge in [-0.1, -0.05) is 26.8 Å². The van der Waals surface area contributed by atoms with Crippen LogP contribution in [-0.4, -0.2) is 19.1 Å². The third-order valence-electron chi connectivity index (χ3n) is 3.80. The molecule has 0 spiro atoms. The van der Waals surface area contributed by atoms with Gasteiger partial charge in [-0.25, -0.2) is 0 Å². The van der Waals surface area contributed by atoms with E-state index in [2.05, 4.69) is 26.1 Å². The Kier molecular flexibility index (Phi) is 5.73. The predicted molar refractivity (Wildman–Crippen MR) is 102 cm³/mol. The lowest BCUT2D eigenvalue weighted by Gasteiger charge is -2.21. The molecule has 0 aliphatic rings. The van der Waals surface area contributed by atoms with E-state index in [0.717, 1.165) is 11.3 Å². The first-order chi connectivity index (χ1) is 11.7. The molecule has 134 valence electrons. The number of amides is 1. The van der Waals surface area contributed by atoms with E-state index in [1.165, 1.54) is 0 Å². The van der Waals surface area contributed by atoms with Crippen LogP contribution in [0.4, 0.5) is 5.69 Å². The summed E-state index contributed by atoms with van der Waals surface area (Å²) < 4.78 is 11.0. The molecule has 1 N–H and O–H groups in total. The molecule has 0 atom stereocenters. The van der Waals surface area contributed by atoms with Crippen molar-refractivity contribution in [1.29, 1.82) is 0 Å². The molecular weight excluding hydrogens is 314 g/mol. The van der Waals surface area contributed by atoms with Crippen LogP contribution in [0.1, 0.15) is 50.5 Å². The van der Waals surface area contributed by atoms with E-state index in [-0.39, 0.29) is 17.4 Å². The molecule has 1 amide bonds. The summed E-state index contributed by atoms with van der Waals surface area (Å²) in [6.45, 7) is 10.3. The average Bonchev–Trinajstić information content (AvgIpc) is 2.54. The van der Waals surface area contributed by atoms with Crippen LogP contribution in [0.3, 0.4) is 0 Å². The largest absolute Gasteiger partial charge is 0.495 e. The number of ether oxygens (including phenoxy) is 2. The molecule has 0 aliphatic carbocycles. The number of carbonyl (C=O) groups excluding carboxylic acids is 1. The molecule has 0 aromatic heterocycles. The number of benzene rings is 2. The number of rotatable bonds is 5. The standard InChI is InChI=1S/C21H27NO3/c1-14(2)25-17-10-7-15(8-11-17)20(23)22-18-13-16(21(3,4)5)9-12-19(18)24-6/h7-14H,1-6H3,(H,22,23). The summed E-state index contributed by atoms with van der Waals surface area (Å²) >= 11 is 0. The maximum absolute atomic E-state index is 12.6. The van der Waals surface area contributed by atoms with Crippen molar-refractivity contribution >= 4 is 11.6 Å². The molecule has 0 saturated carbocycles. The van der Waals surface area contributed by atoms with Gasteiger partial charge in [-0.3, -0.25) is 4.79 Å². The lowest BCUT2D eigenvalue weighted by Crippen LogP contribution is -2.15. The van der Waals surface area contributed by atoms with Crippen LogP contribution in [0.2, 0.25) is 0 Å². The van der Waals surface area contributed by atoms with Gasteiger partial charge in [-0.05, 0) is 61.2 Å². The molecule has 0 fully saturated rings. The van der Waals surface area contributed by atoms with E-state index in [0.29, 0.717) is 17.0 Å². The van der Waals surface area contributed by atoms with E-state index < -0.39 is 0 Å². The first kappa shape index (κ1) is 18.8. The summed E-state index contributed by atoms with van der Waals surface area (Å²) in [7, 11) is 1.60. The minimum absolute atomic E-state index is 0.0123. The van der Waals surface area contributed by atoms with Crippen LogP contribution in [0, 0.1) is 0 Å². The minimum atomic E-state index is -0.180. The molecular formula is C21H27NO3. The third kappa shape index (κ3) is 4.99. The molecule has 0 radical (unpaired) electrons. The Morgan fingerprint density at radius 2 is 1.68 bits per heavy atom. The van der Waals surface area contributed by atoms with Gasteiger partial charge in [0.15, 0.2) is 0 Å².